The summed E-state index contributed by atoms with van der Waals surface area (Å²) in [6.07, 6.45) is 1.32. The van der Waals surface area contributed by atoms with Gasteiger partial charge in [0.25, 0.3) is 5.92 Å². The maximum atomic E-state index is 12.9. The molecule has 84 valence electrons. The Hall–Kier alpha value is -1.70. The first-order valence-electron chi connectivity index (χ1n) is 5.10. The van der Waals surface area contributed by atoms with Crippen LogP contribution < -0.4 is 4.90 Å². The van der Waals surface area contributed by atoms with E-state index in [4.69, 9.17) is 5.26 Å². The van der Waals surface area contributed by atoms with E-state index in [1.165, 1.54) is 0 Å². The molecule has 1 saturated heterocycles. The molecule has 2 rings (SSSR count). The normalized spacial score (nSPS) is 19.2. The minimum absolute atomic E-state index is 0.118. The van der Waals surface area contributed by atoms with Crippen molar-refractivity contribution >= 4 is 5.69 Å². The Kier molecular flexibility index (Phi) is 2.73. The number of halogens is 2. The molecule has 0 aliphatic carbocycles. The average Bonchev–Trinajstić information content (AvgIpc) is 2.29. The molecule has 1 aliphatic rings. The summed E-state index contributed by atoms with van der Waals surface area (Å²) in [4.78, 5) is 5.79. The van der Waals surface area contributed by atoms with Crippen LogP contribution in [0.1, 0.15) is 18.5 Å². The van der Waals surface area contributed by atoms with Crippen molar-refractivity contribution in [3.8, 4) is 6.07 Å². The van der Waals surface area contributed by atoms with E-state index >= 15 is 0 Å². The number of aromatic nitrogens is 1. The van der Waals surface area contributed by atoms with Gasteiger partial charge in [-0.25, -0.2) is 13.8 Å². The lowest BCUT2D eigenvalue weighted by Gasteiger charge is -2.33. The topological polar surface area (TPSA) is 39.9 Å². The standard InChI is InChI=1S/C11H11F2N3/c12-11(13)3-5-16(6-4-11)10-2-1-9(7-14)15-8-10/h1-2,8H,3-6H2. The molecule has 16 heavy (non-hydrogen) atoms. The van der Waals surface area contributed by atoms with Crippen LogP contribution in [0.15, 0.2) is 18.3 Å². The Bertz CT molecular complexity index is 398. The van der Waals surface area contributed by atoms with E-state index in [2.05, 4.69) is 4.98 Å². The molecule has 2 heterocycles. The van der Waals surface area contributed by atoms with Crippen molar-refractivity contribution in [2.75, 3.05) is 18.0 Å². The highest BCUT2D eigenvalue weighted by Crippen LogP contribution is 2.29. The van der Waals surface area contributed by atoms with Crippen LogP contribution >= 0.6 is 0 Å². The maximum absolute atomic E-state index is 12.9. The van der Waals surface area contributed by atoms with Gasteiger partial charge in [-0.1, -0.05) is 0 Å². The molecule has 1 fully saturated rings. The molecule has 1 aliphatic heterocycles. The van der Waals surface area contributed by atoms with Gasteiger partial charge in [-0.3, -0.25) is 0 Å². The van der Waals surface area contributed by atoms with Crippen LogP contribution in [0.2, 0.25) is 0 Å². The monoisotopic (exact) mass is 223 g/mol. The van der Waals surface area contributed by atoms with Crippen molar-refractivity contribution in [3.63, 3.8) is 0 Å². The van der Waals surface area contributed by atoms with E-state index in [1.807, 2.05) is 11.0 Å². The second kappa shape index (κ2) is 4.05. The SMILES string of the molecule is N#Cc1ccc(N2CCC(F)(F)CC2)cn1. The molecule has 3 nitrogen and oxygen atoms in total. The number of rotatable bonds is 1. The van der Waals surface area contributed by atoms with Gasteiger partial charge < -0.3 is 4.90 Å². The van der Waals surface area contributed by atoms with E-state index in [0.717, 1.165) is 5.69 Å². The van der Waals surface area contributed by atoms with Gasteiger partial charge in [-0.15, -0.1) is 0 Å². The van der Waals surface area contributed by atoms with Crippen LogP contribution in [-0.4, -0.2) is 24.0 Å². The molecule has 1 aromatic rings. The molecular formula is C11H11F2N3. The molecule has 0 saturated carbocycles. The zero-order valence-corrected chi connectivity index (χ0v) is 8.66. The molecular weight excluding hydrogens is 212 g/mol. The predicted molar refractivity (Wildman–Crippen MR) is 55.3 cm³/mol. The second-order valence-corrected chi connectivity index (χ2v) is 3.86. The first kappa shape index (κ1) is 10.8. The summed E-state index contributed by atoms with van der Waals surface area (Å²) in [5.74, 6) is -2.53. The first-order valence-corrected chi connectivity index (χ1v) is 5.10. The largest absolute Gasteiger partial charge is 0.370 e. The summed E-state index contributed by atoms with van der Waals surface area (Å²) in [5.41, 5.74) is 1.14. The first-order chi connectivity index (χ1) is 7.61. The molecule has 0 amide bonds. The van der Waals surface area contributed by atoms with E-state index in [1.54, 1.807) is 18.3 Å². The fourth-order valence-electron chi connectivity index (χ4n) is 1.73. The Balaban J connectivity index is 2.06. The van der Waals surface area contributed by atoms with Gasteiger partial charge in [-0.2, -0.15) is 5.26 Å². The Morgan fingerprint density at radius 3 is 2.50 bits per heavy atom. The van der Waals surface area contributed by atoms with Gasteiger partial charge in [0.1, 0.15) is 11.8 Å². The summed E-state index contributed by atoms with van der Waals surface area (Å²) in [6, 6.07) is 5.26. The summed E-state index contributed by atoms with van der Waals surface area (Å²) < 4.78 is 25.9. The Labute approximate surface area is 92.3 Å². The number of piperidine rings is 1. The van der Waals surface area contributed by atoms with Crippen LogP contribution in [-0.2, 0) is 0 Å². The summed E-state index contributed by atoms with van der Waals surface area (Å²) in [7, 11) is 0. The molecule has 0 radical (unpaired) electrons. The lowest BCUT2D eigenvalue weighted by Crippen LogP contribution is -2.39. The van der Waals surface area contributed by atoms with E-state index in [0.29, 0.717) is 18.8 Å². The number of alkyl halides is 2. The van der Waals surface area contributed by atoms with Crippen LogP contribution in [0.4, 0.5) is 14.5 Å². The molecule has 0 aromatic carbocycles. The number of pyridine rings is 1. The lowest BCUT2D eigenvalue weighted by atomic mass is 10.1. The maximum Gasteiger partial charge on any atom is 0.251 e. The molecule has 0 bridgehead atoms. The summed E-state index contributed by atoms with van der Waals surface area (Å²) in [5, 5.41) is 8.58. The number of anilines is 1. The number of nitrogens with zero attached hydrogens (tertiary/aromatic N) is 3. The van der Waals surface area contributed by atoms with Crippen LogP contribution in [0, 0.1) is 11.3 Å². The van der Waals surface area contributed by atoms with Gasteiger partial charge in [0.05, 0.1) is 11.9 Å². The van der Waals surface area contributed by atoms with E-state index in [-0.39, 0.29) is 12.8 Å². The van der Waals surface area contributed by atoms with Crippen molar-refractivity contribution in [2.24, 2.45) is 0 Å². The highest BCUT2D eigenvalue weighted by molar-refractivity contribution is 5.46. The molecule has 0 spiro atoms. The van der Waals surface area contributed by atoms with Gasteiger partial charge in [0.15, 0.2) is 0 Å². The molecule has 0 unspecified atom stereocenters. The Morgan fingerprint density at radius 1 is 1.31 bits per heavy atom. The van der Waals surface area contributed by atoms with E-state index < -0.39 is 5.92 Å². The van der Waals surface area contributed by atoms with Crippen LogP contribution in [0.3, 0.4) is 0 Å². The van der Waals surface area contributed by atoms with Gasteiger partial charge in [0.2, 0.25) is 0 Å². The molecule has 0 atom stereocenters. The van der Waals surface area contributed by atoms with Crippen LogP contribution in [0.25, 0.3) is 0 Å². The zero-order valence-electron chi connectivity index (χ0n) is 8.66. The van der Waals surface area contributed by atoms with Crippen molar-refractivity contribution in [1.82, 2.24) is 4.98 Å². The van der Waals surface area contributed by atoms with Gasteiger partial charge in [-0.05, 0) is 12.1 Å². The molecule has 0 N–H and O–H groups in total. The number of hydrogen-bond acceptors (Lipinski definition) is 3. The fourth-order valence-corrected chi connectivity index (χ4v) is 1.73. The van der Waals surface area contributed by atoms with Gasteiger partial charge >= 0.3 is 0 Å². The van der Waals surface area contributed by atoms with Crippen molar-refractivity contribution in [3.05, 3.63) is 24.0 Å². The molecule has 1 aromatic heterocycles. The highest BCUT2D eigenvalue weighted by Gasteiger charge is 2.33. The minimum atomic E-state index is -2.53. The van der Waals surface area contributed by atoms with Crippen molar-refractivity contribution < 1.29 is 8.78 Å². The Morgan fingerprint density at radius 2 is 2.00 bits per heavy atom. The predicted octanol–water partition coefficient (Wildman–Crippen LogP) is 2.19. The van der Waals surface area contributed by atoms with Crippen molar-refractivity contribution in [2.45, 2.75) is 18.8 Å². The zero-order chi connectivity index (χ0) is 11.6. The van der Waals surface area contributed by atoms with Gasteiger partial charge in [0, 0.05) is 25.9 Å². The highest BCUT2D eigenvalue weighted by atomic mass is 19.3. The molecule has 5 heteroatoms. The van der Waals surface area contributed by atoms with Crippen LogP contribution in [0.5, 0.6) is 0 Å². The summed E-state index contributed by atoms with van der Waals surface area (Å²) in [6.45, 7) is 0.668. The lowest BCUT2D eigenvalue weighted by molar-refractivity contribution is -0.0220. The number of nitriles is 1. The number of hydrogen-bond donors (Lipinski definition) is 0. The fraction of sp³-hybridized carbons (Fsp3) is 0.455. The van der Waals surface area contributed by atoms with E-state index in [9.17, 15) is 8.78 Å². The second-order valence-electron chi connectivity index (χ2n) is 3.86. The summed E-state index contributed by atoms with van der Waals surface area (Å²) >= 11 is 0. The smallest absolute Gasteiger partial charge is 0.251 e. The third kappa shape index (κ3) is 2.27. The average molecular weight is 223 g/mol. The third-order valence-electron chi connectivity index (χ3n) is 2.72. The third-order valence-corrected chi connectivity index (χ3v) is 2.72. The van der Waals surface area contributed by atoms with Crippen molar-refractivity contribution in [1.29, 1.82) is 5.26 Å². The minimum Gasteiger partial charge on any atom is -0.370 e. The quantitative estimate of drug-likeness (QED) is 0.732.